The Morgan fingerprint density at radius 2 is 2.05 bits per heavy atom. The number of rotatable bonds is 6. The van der Waals surface area contributed by atoms with Crippen LogP contribution in [-0.2, 0) is 26.6 Å². The lowest BCUT2D eigenvalue weighted by molar-refractivity contribution is -0.140. The third-order valence-electron chi connectivity index (χ3n) is 2.77. The number of carbonyl (C=O) groups excluding carboxylic acids is 1. The average molecular weight is 304 g/mol. The minimum atomic E-state index is -3.84. The molecule has 8 nitrogen and oxygen atoms in total. The first-order valence-electron chi connectivity index (χ1n) is 5.63. The van der Waals surface area contributed by atoms with Gasteiger partial charge in [-0.2, -0.15) is 0 Å². The molecule has 0 aliphatic carbocycles. The third-order valence-corrected chi connectivity index (χ3v) is 4.59. The second-order valence-corrected chi connectivity index (χ2v) is 6.17. The van der Waals surface area contributed by atoms with Crippen molar-refractivity contribution >= 4 is 22.0 Å². The van der Waals surface area contributed by atoms with Gasteiger partial charge in [-0.15, -0.1) is 0 Å². The highest BCUT2D eigenvalue weighted by molar-refractivity contribution is 7.89. The van der Waals surface area contributed by atoms with Crippen LogP contribution in [0, 0.1) is 0 Å². The van der Waals surface area contributed by atoms with Crippen molar-refractivity contribution in [2.45, 2.75) is 11.3 Å². The van der Waals surface area contributed by atoms with E-state index in [1.54, 1.807) is 0 Å². The van der Waals surface area contributed by atoms with Gasteiger partial charge in [-0.25, -0.2) is 17.5 Å². The van der Waals surface area contributed by atoms with E-state index in [-0.39, 0.29) is 23.6 Å². The van der Waals surface area contributed by atoms with Gasteiger partial charge < -0.3 is 14.4 Å². The van der Waals surface area contributed by atoms with Gasteiger partial charge >= 0.3 is 11.9 Å². The van der Waals surface area contributed by atoms with Crippen LogP contribution in [0.25, 0.3) is 0 Å². The van der Waals surface area contributed by atoms with Gasteiger partial charge in [-0.3, -0.25) is 4.79 Å². The van der Waals surface area contributed by atoms with Crippen LogP contribution in [0.1, 0.15) is 16.9 Å². The molecule has 1 heterocycles. The number of ether oxygens (including phenoxy) is 1. The largest absolute Gasteiger partial charge is 0.477 e. The highest BCUT2D eigenvalue weighted by atomic mass is 32.2. The summed E-state index contributed by atoms with van der Waals surface area (Å²) in [5.74, 6) is -1.74. The van der Waals surface area contributed by atoms with Crippen molar-refractivity contribution in [1.82, 2.24) is 8.87 Å². The molecule has 0 radical (unpaired) electrons. The molecule has 0 amide bonds. The summed E-state index contributed by atoms with van der Waals surface area (Å²) in [4.78, 5) is 21.8. The van der Waals surface area contributed by atoms with Crippen molar-refractivity contribution in [1.29, 1.82) is 0 Å². The first-order valence-corrected chi connectivity index (χ1v) is 7.07. The minimum Gasteiger partial charge on any atom is -0.477 e. The number of carbonyl (C=O) groups is 2. The van der Waals surface area contributed by atoms with Crippen LogP contribution in [0.4, 0.5) is 0 Å². The summed E-state index contributed by atoms with van der Waals surface area (Å²) in [6, 6.07) is 1.08. The van der Waals surface area contributed by atoms with E-state index in [4.69, 9.17) is 5.11 Å². The van der Waals surface area contributed by atoms with E-state index in [9.17, 15) is 18.0 Å². The fourth-order valence-corrected chi connectivity index (χ4v) is 2.78. The molecule has 0 spiro atoms. The third kappa shape index (κ3) is 3.36. The number of hydrogen-bond acceptors (Lipinski definition) is 5. The van der Waals surface area contributed by atoms with Gasteiger partial charge in [0.2, 0.25) is 10.0 Å². The van der Waals surface area contributed by atoms with Crippen molar-refractivity contribution in [2.75, 3.05) is 20.7 Å². The van der Waals surface area contributed by atoms with Gasteiger partial charge in [-0.05, 0) is 6.07 Å². The number of carboxylic acids is 1. The lowest BCUT2D eigenvalue weighted by atomic mass is 10.4. The summed E-state index contributed by atoms with van der Waals surface area (Å²) < 4.78 is 31.0. The molecule has 0 aliphatic rings. The molecule has 0 saturated carbocycles. The van der Waals surface area contributed by atoms with Crippen molar-refractivity contribution in [3.05, 3.63) is 18.0 Å². The molecular formula is C11H16N2O6S. The lowest BCUT2D eigenvalue weighted by Crippen LogP contribution is -2.29. The normalized spacial score (nSPS) is 11.6. The first kappa shape index (κ1) is 16.2. The van der Waals surface area contributed by atoms with Gasteiger partial charge in [0, 0.05) is 26.8 Å². The Bertz CT molecular complexity index is 619. The van der Waals surface area contributed by atoms with Gasteiger partial charge in [0.25, 0.3) is 0 Å². The van der Waals surface area contributed by atoms with E-state index >= 15 is 0 Å². The van der Waals surface area contributed by atoms with Crippen LogP contribution in [0.3, 0.4) is 0 Å². The topological polar surface area (TPSA) is 106 Å². The van der Waals surface area contributed by atoms with E-state index in [1.165, 1.54) is 32.0 Å². The summed E-state index contributed by atoms with van der Waals surface area (Å²) in [7, 11) is 0.131. The standard InChI is InChI=1S/C11H16N2O6S/c1-12-7-8(6-9(12)11(15)16)20(17,18)13(2)5-4-10(14)19-3/h6-7H,4-5H2,1-3H3,(H,15,16). The quantitative estimate of drug-likeness (QED) is 0.736. The second kappa shape index (κ2) is 6.06. The van der Waals surface area contributed by atoms with E-state index in [2.05, 4.69) is 4.74 Å². The fraction of sp³-hybridized carbons (Fsp3) is 0.455. The number of sulfonamides is 1. The Labute approximate surface area is 116 Å². The number of aromatic nitrogens is 1. The highest BCUT2D eigenvalue weighted by Gasteiger charge is 2.25. The Kier molecular flexibility index (Phi) is 4.90. The number of aryl methyl sites for hydroxylation is 1. The monoisotopic (exact) mass is 304 g/mol. The predicted octanol–water partition coefficient (Wildman–Crippen LogP) is -0.0931. The summed E-state index contributed by atoms with van der Waals surface area (Å²) in [6.45, 7) is -0.0493. The molecule has 1 aromatic rings. The maximum atomic E-state index is 12.2. The van der Waals surface area contributed by atoms with Crippen LogP contribution >= 0.6 is 0 Å². The molecule has 0 aliphatic heterocycles. The molecule has 1 aromatic heterocycles. The molecule has 0 atom stereocenters. The summed E-state index contributed by atoms with van der Waals surface area (Å²) in [6.07, 6.45) is 1.14. The molecule has 0 fully saturated rings. The Morgan fingerprint density at radius 1 is 1.45 bits per heavy atom. The van der Waals surface area contributed by atoms with Gasteiger partial charge in [0.05, 0.1) is 13.5 Å². The summed E-state index contributed by atoms with van der Waals surface area (Å²) in [5.41, 5.74) is -0.134. The van der Waals surface area contributed by atoms with E-state index in [1.807, 2.05) is 0 Å². The van der Waals surface area contributed by atoms with Gasteiger partial charge in [0.15, 0.2) is 0 Å². The first-order chi connectivity index (χ1) is 9.20. The molecular weight excluding hydrogens is 288 g/mol. The Morgan fingerprint density at radius 3 is 2.50 bits per heavy atom. The summed E-state index contributed by atoms with van der Waals surface area (Å²) in [5, 5.41) is 8.90. The van der Waals surface area contributed by atoms with Gasteiger partial charge in [0.1, 0.15) is 10.6 Å². The van der Waals surface area contributed by atoms with E-state index in [0.29, 0.717) is 0 Å². The van der Waals surface area contributed by atoms with Crippen LogP contribution < -0.4 is 0 Å². The number of carboxylic acid groups (broad SMARTS) is 1. The average Bonchev–Trinajstić information content (AvgIpc) is 2.78. The molecule has 0 unspecified atom stereocenters. The zero-order chi connectivity index (χ0) is 15.5. The number of aromatic carboxylic acids is 1. The number of hydrogen-bond donors (Lipinski definition) is 1. The zero-order valence-electron chi connectivity index (χ0n) is 11.4. The molecule has 1 rings (SSSR count). The van der Waals surface area contributed by atoms with Gasteiger partial charge in [-0.1, -0.05) is 0 Å². The van der Waals surface area contributed by atoms with Crippen molar-refractivity contribution in [3.63, 3.8) is 0 Å². The minimum absolute atomic E-state index is 0.0493. The summed E-state index contributed by atoms with van der Waals surface area (Å²) >= 11 is 0. The van der Waals surface area contributed by atoms with Crippen LogP contribution in [0.2, 0.25) is 0 Å². The smallest absolute Gasteiger partial charge is 0.352 e. The number of nitrogens with zero attached hydrogens (tertiary/aromatic N) is 2. The molecule has 0 bridgehead atoms. The fourth-order valence-electron chi connectivity index (χ4n) is 1.54. The number of methoxy groups -OCH3 is 1. The number of esters is 1. The zero-order valence-corrected chi connectivity index (χ0v) is 12.2. The Balaban J connectivity index is 2.96. The lowest BCUT2D eigenvalue weighted by Gasteiger charge is -2.15. The van der Waals surface area contributed by atoms with Crippen molar-refractivity contribution in [2.24, 2.45) is 7.05 Å². The predicted molar refractivity (Wildman–Crippen MR) is 68.8 cm³/mol. The van der Waals surface area contributed by atoms with Crippen LogP contribution in [-0.4, -0.2) is 55.0 Å². The van der Waals surface area contributed by atoms with E-state index in [0.717, 1.165) is 10.4 Å². The van der Waals surface area contributed by atoms with Crippen LogP contribution in [0.5, 0.6) is 0 Å². The molecule has 0 aromatic carbocycles. The maximum Gasteiger partial charge on any atom is 0.352 e. The second-order valence-electron chi connectivity index (χ2n) is 4.13. The maximum absolute atomic E-state index is 12.2. The van der Waals surface area contributed by atoms with Crippen molar-refractivity contribution in [3.8, 4) is 0 Å². The Hall–Kier alpha value is -1.87. The SMILES string of the molecule is COC(=O)CCN(C)S(=O)(=O)c1cc(C(=O)O)n(C)c1. The highest BCUT2D eigenvalue weighted by Crippen LogP contribution is 2.17. The molecule has 112 valence electrons. The van der Waals surface area contributed by atoms with E-state index < -0.39 is 22.0 Å². The molecule has 20 heavy (non-hydrogen) atoms. The molecule has 0 saturated heterocycles. The van der Waals surface area contributed by atoms with Crippen LogP contribution in [0.15, 0.2) is 17.2 Å². The molecule has 1 N–H and O–H groups in total. The molecule has 9 heteroatoms. The van der Waals surface area contributed by atoms with Crippen molar-refractivity contribution < 1.29 is 27.9 Å².